The van der Waals surface area contributed by atoms with Crippen molar-refractivity contribution in [2.24, 2.45) is 4.99 Å². The Hall–Kier alpha value is -4.84. The van der Waals surface area contributed by atoms with Gasteiger partial charge < -0.3 is 19.3 Å². The second-order valence-electron chi connectivity index (χ2n) is 8.62. The lowest BCUT2D eigenvalue weighted by Crippen LogP contribution is -2.39. The number of ether oxygens (including phenoxy) is 3. The van der Waals surface area contributed by atoms with Gasteiger partial charge in [0.25, 0.3) is 5.56 Å². The maximum absolute atomic E-state index is 13.7. The number of rotatable bonds is 7. The number of esters is 3. The lowest BCUT2D eigenvalue weighted by Gasteiger charge is -2.24. The van der Waals surface area contributed by atoms with Gasteiger partial charge in [0, 0.05) is 13.8 Å². The van der Waals surface area contributed by atoms with E-state index < -0.39 is 35.5 Å². The molecular formula is C28H24N2O9S. The number of allylic oxidation sites excluding steroid dienone is 1. The molecule has 0 bridgehead atoms. The average molecular weight is 565 g/mol. The Kier molecular flexibility index (Phi) is 8.10. The molecule has 11 nitrogen and oxygen atoms in total. The quantitative estimate of drug-likeness (QED) is 0.337. The molecule has 1 unspecified atom stereocenters. The maximum atomic E-state index is 13.7. The maximum Gasteiger partial charge on any atom is 0.338 e. The molecule has 0 amide bonds. The SMILES string of the molecule is CCOC(=O)C1=C(C)N=c2sc(=Cc3ccc(OC(C)=O)c(OC(C)=O)c3)c(=O)n2C1c1ccc(C(=O)O)cc1. The van der Waals surface area contributed by atoms with E-state index in [9.17, 15) is 29.1 Å². The van der Waals surface area contributed by atoms with Gasteiger partial charge in [0.05, 0.1) is 34.0 Å². The second kappa shape index (κ2) is 11.5. The van der Waals surface area contributed by atoms with Gasteiger partial charge in [-0.3, -0.25) is 19.0 Å². The van der Waals surface area contributed by atoms with Crippen molar-refractivity contribution in [3.8, 4) is 11.5 Å². The molecular weight excluding hydrogens is 540 g/mol. The third-order valence-electron chi connectivity index (χ3n) is 5.76. The molecule has 40 heavy (non-hydrogen) atoms. The lowest BCUT2D eigenvalue weighted by molar-refractivity contribution is -0.139. The van der Waals surface area contributed by atoms with Gasteiger partial charge in [-0.15, -0.1) is 0 Å². The van der Waals surface area contributed by atoms with Gasteiger partial charge in [0.15, 0.2) is 16.3 Å². The number of aromatic carboxylic acids is 1. The number of nitrogens with zero attached hydrogens (tertiary/aromatic N) is 2. The highest BCUT2D eigenvalue weighted by molar-refractivity contribution is 7.07. The van der Waals surface area contributed by atoms with Crippen LogP contribution in [0.3, 0.4) is 0 Å². The Bertz CT molecular complexity index is 1750. The molecule has 3 aromatic rings. The molecule has 2 aromatic carbocycles. The highest BCUT2D eigenvalue weighted by Gasteiger charge is 2.33. The summed E-state index contributed by atoms with van der Waals surface area (Å²) in [6.45, 7) is 5.83. The van der Waals surface area contributed by atoms with Crippen molar-refractivity contribution in [1.82, 2.24) is 4.57 Å². The van der Waals surface area contributed by atoms with Crippen molar-refractivity contribution >= 4 is 41.3 Å². The summed E-state index contributed by atoms with van der Waals surface area (Å²) in [6, 6.07) is 9.45. The standard InChI is InChI=1S/C28H24N2O9S/c1-5-37-27(36)23-14(2)29-28-30(24(23)18-7-9-19(10-8-18)26(34)35)25(33)22(40-28)13-17-6-11-20(38-15(3)31)21(12-17)39-16(4)32/h6-13,24H,5H2,1-4H3,(H,34,35). The Morgan fingerprint density at radius 1 is 1.02 bits per heavy atom. The molecule has 12 heteroatoms. The van der Waals surface area contributed by atoms with Gasteiger partial charge in [-0.25, -0.2) is 14.6 Å². The number of carbonyl (C=O) groups excluding carboxylic acids is 3. The molecule has 0 saturated heterocycles. The first-order chi connectivity index (χ1) is 19.0. The van der Waals surface area contributed by atoms with Gasteiger partial charge in [-0.05, 0) is 55.3 Å². The van der Waals surface area contributed by atoms with Crippen molar-refractivity contribution in [2.75, 3.05) is 6.61 Å². The Labute approximate surface area is 231 Å². The lowest BCUT2D eigenvalue weighted by atomic mass is 9.95. The zero-order valence-corrected chi connectivity index (χ0v) is 22.7. The minimum absolute atomic E-state index is 0.000985. The molecule has 1 aliphatic heterocycles. The molecule has 1 N–H and O–H groups in total. The topological polar surface area (TPSA) is 151 Å². The van der Waals surface area contributed by atoms with Crippen LogP contribution in [0.2, 0.25) is 0 Å². The van der Waals surface area contributed by atoms with Crippen LogP contribution in [0, 0.1) is 0 Å². The number of carboxylic acids is 1. The van der Waals surface area contributed by atoms with Crippen LogP contribution in [-0.4, -0.2) is 40.2 Å². The van der Waals surface area contributed by atoms with Crippen LogP contribution in [0.15, 0.2) is 63.5 Å². The molecule has 0 saturated carbocycles. The molecule has 0 radical (unpaired) electrons. The van der Waals surface area contributed by atoms with E-state index in [2.05, 4.69) is 4.99 Å². The van der Waals surface area contributed by atoms with Crippen LogP contribution in [0.5, 0.6) is 11.5 Å². The van der Waals surface area contributed by atoms with Crippen LogP contribution in [0.4, 0.5) is 0 Å². The normalized spacial score (nSPS) is 14.7. The Balaban J connectivity index is 1.89. The second-order valence-corrected chi connectivity index (χ2v) is 9.63. The fourth-order valence-corrected chi connectivity index (χ4v) is 5.20. The largest absolute Gasteiger partial charge is 0.478 e. The summed E-state index contributed by atoms with van der Waals surface area (Å²) in [5.41, 5.74) is 1.09. The predicted octanol–water partition coefficient (Wildman–Crippen LogP) is 2.35. The summed E-state index contributed by atoms with van der Waals surface area (Å²) >= 11 is 1.08. The van der Waals surface area contributed by atoms with Crippen molar-refractivity contribution in [1.29, 1.82) is 0 Å². The Morgan fingerprint density at radius 3 is 2.27 bits per heavy atom. The summed E-state index contributed by atoms with van der Waals surface area (Å²) in [5, 5.41) is 9.30. The first-order valence-corrected chi connectivity index (χ1v) is 12.9. The molecule has 0 spiro atoms. The van der Waals surface area contributed by atoms with Gasteiger partial charge >= 0.3 is 23.9 Å². The number of hydrogen-bond acceptors (Lipinski definition) is 10. The van der Waals surface area contributed by atoms with E-state index in [4.69, 9.17) is 14.2 Å². The van der Waals surface area contributed by atoms with E-state index in [1.54, 1.807) is 38.1 Å². The summed E-state index contributed by atoms with van der Waals surface area (Å²) in [7, 11) is 0. The Morgan fingerprint density at radius 2 is 1.68 bits per heavy atom. The van der Waals surface area contributed by atoms with E-state index in [0.29, 0.717) is 21.6 Å². The van der Waals surface area contributed by atoms with E-state index >= 15 is 0 Å². The van der Waals surface area contributed by atoms with E-state index in [1.165, 1.54) is 42.7 Å². The summed E-state index contributed by atoms with van der Waals surface area (Å²) < 4.78 is 17.2. The molecule has 1 atom stereocenters. The zero-order chi connectivity index (χ0) is 29.1. The van der Waals surface area contributed by atoms with E-state index in [1.807, 2.05) is 0 Å². The molecule has 0 fully saturated rings. The molecule has 2 heterocycles. The van der Waals surface area contributed by atoms with Crippen molar-refractivity contribution in [3.63, 3.8) is 0 Å². The minimum atomic E-state index is -1.11. The summed E-state index contributed by atoms with van der Waals surface area (Å²) in [4.78, 5) is 66.0. The van der Waals surface area contributed by atoms with Crippen LogP contribution >= 0.6 is 11.3 Å². The third-order valence-corrected chi connectivity index (χ3v) is 6.75. The molecule has 206 valence electrons. The smallest absolute Gasteiger partial charge is 0.338 e. The number of fused-ring (bicyclic) bond motifs is 1. The van der Waals surface area contributed by atoms with Crippen LogP contribution in [-0.2, 0) is 19.1 Å². The van der Waals surface area contributed by atoms with Gasteiger partial charge in [0.2, 0.25) is 0 Å². The number of hydrogen-bond donors (Lipinski definition) is 1. The molecule has 1 aliphatic rings. The first kappa shape index (κ1) is 28.2. The number of aromatic nitrogens is 1. The minimum Gasteiger partial charge on any atom is -0.478 e. The number of benzene rings is 2. The summed E-state index contributed by atoms with van der Waals surface area (Å²) in [6.07, 6.45) is 1.56. The fraction of sp³-hybridized carbons (Fsp3) is 0.214. The average Bonchev–Trinajstić information content (AvgIpc) is 3.18. The highest BCUT2D eigenvalue weighted by Crippen LogP contribution is 2.31. The van der Waals surface area contributed by atoms with Crippen LogP contribution in [0.25, 0.3) is 6.08 Å². The monoisotopic (exact) mass is 564 g/mol. The van der Waals surface area contributed by atoms with Gasteiger partial charge in [-0.1, -0.05) is 29.5 Å². The first-order valence-electron chi connectivity index (χ1n) is 12.0. The number of thiazole rings is 1. The number of carbonyl (C=O) groups is 4. The molecule has 4 rings (SSSR count). The van der Waals surface area contributed by atoms with E-state index in [-0.39, 0.29) is 33.8 Å². The van der Waals surface area contributed by atoms with Gasteiger partial charge in [0.1, 0.15) is 0 Å². The predicted molar refractivity (Wildman–Crippen MR) is 143 cm³/mol. The highest BCUT2D eigenvalue weighted by atomic mass is 32.1. The zero-order valence-electron chi connectivity index (χ0n) is 21.9. The van der Waals surface area contributed by atoms with Crippen molar-refractivity contribution in [2.45, 2.75) is 33.7 Å². The fourth-order valence-electron chi connectivity index (χ4n) is 4.15. The molecule has 1 aromatic heterocycles. The van der Waals surface area contributed by atoms with E-state index in [0.717, 1.165) is 11.3 Å². The summed E-state index contributed by atoms with van der Waals surface area (Å²) in [5.74, 6) is -2.93. The van der Waals surface area contributed by atoms with Gasteiger partial charge in [-0.2, -0.15) is 0 Å². The third kappa shape index (κ3) is 5.76. The van der Waals surface area contributed by atoms with Crippen molar-refractivity contribution < 1.29 is 38.5 Å². The number of carboxylic acid groups (broad SMARTS) is 1. The van der Waals surface area contributed by atoms with Crippen molar-refractivity contribution in [3.05, 3.63) is 90.1 Å². The van der Waals surface area contributed by atoms with Crippen LogP contribution < -0.4 is 24.4 Å². The molecule has 0 aliphatic carbocycles. The van der Waals surface area contributed by atoms with Crippen LogP contribution in [0.1, 0.15) is 55.2 Å².